The smallest absolute Gasteiger partial charge is 0.148 e. The van der Waals surface area contributed by atoms with Gasteiger partial charge < -0.3 is 15.0 Å². The molecule has 0 heterocycles. The summed E-state index contributed by atoms with van der Waals surface area (Å²) >= 11 is 0. The van der Waals surface area contributed by atoms with Gasteiger partial charge in [-0.25, -0.2) is 0 Å². The zero-order valence-electron chi connectivity index (χ0n) is 8.44. The Morgan fingerprint density at radius 3 is 2.38 bits per heavy atom. The van der Waals surface area contributed by atoms with Crippen LogP contribution in [0.15, 0.2) is 0 Å². The first kappa shape index (κ1) is 12.6. The SMILES string of the molecule is CC(CO)CCCC(C)C(O)C=O. The maximum Gasteiger partial charge on any atom is 0.148 e. The Hall–Kier alpha value is -0.410. The fourth-order valence-corrected chi connectivity index (χ4v) is 1.18. The summed E-state index contributed by atoms with van der Waals surface area (Å²) in [6, 6.07) is 0. The highest BCUT2D eigenvalue weighted by Crippen LogP contribution is 2.14. The van der Waals surface area contributed by atoms with E-state index in [1.807, 2.05) is 13.8 Å². The molecule has 2 N–H and O–H groups in total. The van der Waals surface area contributed by atoms with Gasteiger partial charge in [-0.2, -0.15) is 0 Å². The van der Waals surface area contributed by atoms with Crippen molar-refractivity contribution >= 4 is 6.29 Å². The minimum Gasteiger partial charge on any atom is -0.396 e. The van der Waals surface area contributed by atoms with Crippen LogP contribution in [0.25, 0.3) is 0 Å². The van der Waals surface area contributed by atoms with Crippen LogP contribution in [0, 0.1) is 11.8 Å². The molecule has 0 aromatic carbocycles. The predicted octanol–water partition coefficient (Wildman–Crippen LogP) is 0.981. The number of carbonyl (C=O) groups excluding carboxylic acids is 1. The molecule has 0 aliphatic rings. The lowest BCUT2D eigenvalue weighted by Crippen LogP contribution is -2.19. The molecule has 3 heteroatoms. The zero-order valence-corrected chi connectivity index (χ0v) is 8.44. The van der Waals surface area contributed by atoms with E-state index < -0.39 is 6.10 Å². The van der Waals surface area contributed by atoms with Crippen molar-refractivity contribution < 1.29 is 15.0 Å². The van der Waals surface area contributed by atoms with Crippen LogP contribution in [0.5, 0.6) is 0 Å². The summed E-state index contributed by atoms with van der Waals surface area (Å²) in [4.78, 5) is 10.2. The predicted molar refractivity (Wildman–Crippen MR) is 51.3 cm³/mol. The summed E-state index contributed by atoms with van der Waals surface area (Å²) in [5.74, 6) is 0.351. The van der Waals surface area contributed by atoms with Crippen LogP contribution in [0.2, 0.25) is 0 Å². The molecule has 3 atom stereocenters. The normalized spacial score (nSPS) is 17.8. The molecule has 0 rings (SSSR count). The summed E-state index contributed by atoms with van der Waals surface area (Å²) < 4.78 is 0. The van der Waals surface area contributed by atoms with Gasteiger partial charge in [-0.05, 0) is 24.7 Å². The van der Waals surface area contributed by atoms with Gasteiger partial charge in [-0.15, -0.1) is 0 Å². The van der Waals surface area contributed by atoms with Crippen molar-refractivity contribution in [1.29, 1.82) is 0 Å². The van der Waals surface area contributed by atoms with Crippen molar-refractivity contribution in [3.05, 3.63) is 0 Å². The van der Waals surface area contributed by atoms with E-state index in [9.17, 15) is 4.79 Å². The standard InChI is InChI=1S/C10H20O3/c1-8(6-11)4-3-5-9(2)10(13)7-12/h7-11,13H,3-6H2,1-2H3. The molecule has 0 bridgehead atoms. The van der Waals surface area contributed by atoms with Crippen molar-refractivity contribution in [2.45, 2.75) is 39.2 Å². The molecule has 0 aliphatic carbocycles. The average Bonchev–Trinajstić information content (AvgIpc) is 2.15. The topological polar surface area (TPSA) is 57.5 Å². The molecule has 0 radical (unpaired) electrons. The summed E-state index contributed by atoms with van der Waals surface area (Å²) in [6.07, 6.45) is 2.49. The molecule has 3 unspecified atom stereocenters. The van der Waals surface area contributed by atoms with Crippen LogP contribution in [-0.4, -0.2) is 29.2 Å². The molecular formula is C10H20O3. The number of hydrogen-bond acceptors (Lipinski definition) is 3. The first-order chi connectivity index (χ1) is 6.11. The van der Waals surface area contributed by atoms with Gasteiger partial charge in [-0.1, -0.05) is 20.3 Å². The van der Waals surface area contributed by atoms with E-state index in [0.29, 0.717) is 12.2 Å². The Balaban J connectivity index is 3.47. The van der Waals surface area contributed by atoms with Crippen LogP contribution in [0.3, 0.4) is 0 Å². The maximum atomic E-state index is 10.2. The Bertz CT molecular complexity index is 136. The summed E-state index contributed by atoms with van der Waals surface area (Å²) in [5, 5.41) is 17.9. The number of aliphatic hydroxyl groups excluding tert-OH is 2. The van der Waals surface area contributed by atoms with Gasteiger partial charge in [0.05, 0.1) is 0 Å². The van der Waals surface area contributed by atoms with Gasteiger partial charge >= 0.3 is 0 Å². The Morgan fingerprint density at radius 1 is 1.31 bits per heavy atom. The molecule has 0 saturated heterocycles. The van der Waals surface area contributed by atoms with Gasteiger partial charge in [0.25, 0.3) is 0 Å². The fraction of sp³-hybridized carbons (Fsp3) is 0.900. The van der Waals surface area contributed by atoms with Gasteiger partial charge in [0.15, 0.2) is 0 Å². The summed E-state index contributed by atoms with van der Waals surface area (Å²) in [6.45, 7) is 4.06. The van der Waals surface area contributed by atoms with E-state index in [2.05, 4.69) is 0 Å². The van der Waals surface area contributed by atoms with Crippen LogP contribution in [0.4, 0.5) is 0 Å². The second kappa shape index (κ2) is 7.04. The number of hydrogen-bond donors (Lipinski definition) is 2. The van der Waals surface area contributed by atoms with E-state index >= 15 is 0 Å². The van der Waals surface area contributed by atoms with E-state index in [4.69, 9.17) is 10.2 Å². The minimum absolute atomic E-state index is 0.0309. The molecule has 0 saturated carbocycles. The highest BCUT2D eigenvalue weighted by atomic mass is 16.3. The maximum absolute atomic E-state index is 10.2. The Morgan fingerprint density at radius 2 is 1.92 bits per heavy atom. The molecule has 13 heavy (non-hydrogen) atoms. The number of rotatable bonds is 7. The Labute approximate surface area is 79.8 Å². The quantitative estimate of drug-likeness (QED) is 0.585. The molecule has 0 aliphatic heterocycles. The van der Waals surface area contributed by atoms with Gasteiger partial charge in [0, 0.05) is 6.61 Å². The van der Waals surface area contributed by atoms with E-state index in [1.165, 1.54) is 0 Å². The third kappa shape index (κ3) is 5.77. The van der Waals surface area contributed by atoms with Crippen molar-refractivity contribution in [2.75, 3.05) is 6.61 Å². The molecule has 0 amide bonds. The third-order valence-electron chi connectivity index (χ3n) is 2.39. The second-order valence-electron chi connectivity index (χ2n) is 3.82. The second-order valence-corrected chi connectivity index (χ2v) is 3.82. The average molecular weight is 188 g/mol. The zero-order chi connectivity index (χ0) is 10.3. The summed E-state index contributed by atoms with van der Waals surface area (Å²) in [5.41, 5.74) is 0. The van der Waals surface area contributed by atoms with Crippen molar-refractivity contribution in [1.82, 2.24) is 0 Å². The molecule has 0 aromatic rings. The summed E-state index contributed by atoms with van der Waals surface area (Å²) in [7, 11) is 0. The van der Waals surface area contributed by atoms with Crippen LogP contribution < -0.4 is 0 Å². The largest absolute Gasteiger partial charge is 0.396 e. The van der Waals surface area contributed by atoms with E-state index in [1.54, 1.807) is 0 Å². The van der Waals surface area contributed by atoms with Gasteiger partial charge in [0.1, 0.15) is 12.4 Å². The van der Waals surface area contributed by atoms with Crippen molar-refractivity contribution in [3.63, 3.8) is 0 Å². The third-order valence-corrected chi connectivity index (χ3v) is 2.39. The van der Waals surface area contributed by atoms with Crippen LogP contribution >= 0.6 is 0 Å². The monoisotopic (exact) mass is 188 g/mol. The minimum atomic E-state index is -0.829. The van der Waals surface area contributed by atoms with Crippen LogP contribution in [-0.2, 0) is 4.79 Å². The molecule has 78 valence electrons. The molecular weight excluding hydrogens is 168 g/mol. The number of aliphatic hydroxyl groups is 2. The molecule has 0 fully saturated rings. The number of aldehydes is 1. The van der Waals surface area contributed by atoms with Gasteiger partial charge in [0.2, 0.25) is 0 Å². The number of carbonyl (C=O) groups is 1. The highest BCUT2D eigenvalue weighted by Gasteiger charge is 2.12. The first-order valence-corrected chi connectivity index (χ1v) is 4.86. The lowest BCUT2D eigenvalue weighted by Gasteiger charge is -2.14. The lowest BCUT2D eigenvalue weighted by molar-refractivity contribution is -0.117. The Kier molecular flexibility index (Phi) is 6.82. The van der Waals surface area contributed by atoms with Crippen LogP contribution in [0.1, 0.15) is 33.1 Å². The lowest BCUT2D eigenvalue weighted by atomic mass is 9.96. The molecule has 3 nitrogen and oxygen atoms in total. The fourth-order valence-electron chi connectivity index (χ4n) is 1.18. The van der Waals surface area contributed by atoms with Crippen molar-refractivity contribution in [2.24, 2.45) is 11.8 Å². The van der Waals surface area contributed by atoms with E-state index in [-0.39, 0.29) is 12.5 Å². The first-order valence-electron chi connectivity index (χ1n) is 4.86. The molecule has 0 spiro atoms. The van der Waals surface area contributed by atoms with E-state index in [0.717, 1.165) is 19.3 Å². The van der Waals surface area contributed by atoms with Gasteiger partial charge in [-0.3, -0.25) is 0 Å². The van der Waals surface area contributed by atoms with Crippen molar-refractivity contribution in [3.8, 4) is 0 Å². The molecule has 0 aromatic heterocycles. The highest BCUT2D eigenvalue weighted by molar-refractivity contribution is 5.55.